The number of amides is 1. The van der Waals surface area contributed by atoms with Crippen molar-refractivity contribution in [2.24, 2.45) is 5.92 Å². The van der Waals surface area contributed by atoms with Crippen molar-refractivity contribution in [1.82, 2.24) is 14.9 Å². The van der Waals surface area contributed by atoms with Crippen LogP contribution in [0.4, 0.5) is 0 Å². The van der Waals surface area contributed by atoms with Crippen molar-refractivity contribution < 1.29 is 4.79 Å². The van der Waals surface area contributed by atoms with Gasteiger partial charge in [-0.15, -0.1) is 0 Å². The van der Waals surface area contributed by atoms with Crippen molar-refractivity contribution in [2.75, 3.05) is 5.75 Å². The molecule has 2 aliphatic carbocycles. The van der Waals surface area contributed by atoms with Crippen molar-refractivity contribution in [3.05, 3.63) is 46.3 Å². The maximum absolute atomic E-state index is 13.2. The van der Waals surface area contributed by atoms with E-state index in [1.165, 1.54) is 30.2 Å². The van der Waals surface area contributed by atoms with Crippen LogP contribution in [0.1, 0.15) is 51.9 Å². The van der Waals surface area contributed by atoms with Gasteiger partial charge in [0.15, 0.2) is 5.16 Å². The second-order valence-electron chi connectivity index (χ2n) is 8.65. The maximum Gasteiger partial charge on any atom is 0.262 e. The van der Waals surface area contributed by atoms with Gasteiger partial charge in [0.1, 0.15) is 5.54 Å². The number of benzene rings is 1. The summed E-state index contributed by atoms with van der Waals surface area (Å²) in [6, 6.07) is 9.59. The van der Waals surface area contributed by atoms with Crippen LogP contribution in [0.5, 0.6) is 0 Å². The molecule has 1 atom stereocenters. The minimum absolute atomic E-state index is 0.0650. The molecule has 0 spiro atoms. The molecule has 4 rings (SSSR count). The third kappa shape index (κ3) is 5.01. The Kier molecular flexibility index (Phi) is 6.47. The molecule has 1 heterocycles. The van der Waals surface area contributed by atoms with Crippen molar-refractivity contribution in [3.8, 4) is 6.07 Å². The average Bonchev–Trinajstić information content (AvgIpc) is 3.64. The van der Waals surface area contributed by atoms with E-state index in [0.29, 0.717) is 22.6 Å². The van der Waals surface area contributed by atoms with E-state index in [-0.39, 0.29) is 23.1 Å². The number of carbonyl (C=O) groups is 1. The van der Waals surface area contributed by atoms with Crippen LogP contribution in [0, 0.1) is 17.2 Å². The SMILES string of the molecule is CC(C#N)(NC(=O)CSc1nc2ccccc2c(=O)n1CCC1=CCCCC1)C1CC1. The van der Waals surface area contributed by atoms with E-state index in [1.54, 1.807) is 17.6 Å². The first-order chi connectivity index (χ1) is 15.0. The minimum atomic E-state index is -0.818. The van der Waals surface area contributed by atoms with Gasteiger partial charge in [-0.2, -0.15) is 5.26 Å². The fourth-order valence-corrected chi connectivity index (χ4v) is 5.01. The smallest absolute Gasteiger partial charge is 0.262 e. The molecule has 6 nitrogen and oxygen atoms in total. The highest BCUT2D eigenvalue weighted by Gasteiger charge is 2.42. The van der Waals surface area contributed by atoms with Crippen molar-refractivity contribution in [1.29, 1.82) is 5.26 Å². The minimum Gasteiger partial charge on any atom is -0.337 e. The van der Waals surface area contributed by atoms with E-state index in [9.17, 15) is 14.9 Å². The van der Waals surface area contributed by atoms with Crippen LogP contribution in [0.2, 0.25) is 0 Å². The van der Waals surface area contributed by atoms with Gasteiger partial charge >= 0.3 is 0 Å². The number of fused-ring (bicyclic) bond motifs is 1. The zero-order valence-corrected chi connectivity index (χ0v) is 18.7. The number of carbonyl (C=O) groups excluding carboxylic acids is 1. The average molecular weight is 437 g/mol. The number of aromatic nitrogens is 2. The molecule has 2 aromatic rings. The highest BCUT2D eigenvalue weighted by molar-refractivity contribution is 7.99. The molecule has 1 fully saturated rings. The third-order valence-corrected chi connectivity index (χ3v) is 7.20. The van der Waals surface area contributed by atoms with Gasteiger partial charge < -0.3 is 5.32 Å². The summed E-state index contributed by atoms with van der Waals surface area (Å²) in [5.74, 6) is 0.148. The Morgan fingerprint density at radius 2 is 2.16 bits per heavy atom. The van der Waals surface area contributed by atoms with Gasteiger partial charge in [-0.05, 0) is 69.9 Å². The van der Waals surface area contributed by atoms with Crippen LogP contribution in [0.3, 0.4) is 0 Å². The first kappa shape index (κ1) is 21.6. The summed E-state index contributed by atoms with van der Waals surface area (Å²) in [4.78, 5) is 30.5. The predicted octanol–water partition coefficient (Wildman–Crippen LogP) is 4.19. The van der Waals surface area contributed by atoms with Crippen LogP contribution in [0.15, 0.2) is 45.9 Å². The van der Waals surface area contributed by atoms with Gasteiger partial charge in [-0.3, -0.25) is 14.2 Å². The Morgan fingerprint density at radius 1 is 1.35 bits per heavy atom. The third-order valence-electron chi connectivity index (χ3n) is 6.23. The fraction of sp³-hybridized carbons (Fsp3) is 0.500. The van der Waals surface area contributed by atoms with Crippen molar-refractivity contribution in [3.63, 3.8) is 0 Å². The first-order valence-corrected chi connectivity index (χ1v) is 12.0. The number of hydrogen-bond acceptors (Lipinski definition) is 5. The van der Waals surface area contributed by atoms with Crippen molar-refractivity contribution in [2.45, 2.75) is 69.1 Å². The summed E-state index contributed by atoms with van der Waals surface area (Å²) in [6.45, 7) is 2.35. The Labute approximate surface area is 186 Å². The van der Waals surface area contributed by atoms with E-state index in [2.05, 4.69) is 17.5 Å². The van der Waals surface area contributed by atoms with Gasteiger partial charge in [0, 0.05) is 6.54 Å². The number of allylic oxidation sites excluding steroid dienone is 2. The van der Waals surface area contributed by atoms with Gasteiger partial charge in [0.05, 0.1) is 22.7 Å². The summed E-state index contributed by atoms with van der Waals surface area (Å²) in [5.41, 5.74) is 1.16. The Hall–Kier alpha value is -2.59. The fourth-order valence-electron chi connectivity index (χ4n) is 4.18. The molecule has 0 radical (unpaired) electrons. The summed E-state index contributed by atoms with van der Waals surface area (Å²) >= 11 is 1.27. The summed E-state index contributed by atoms with van der Waals surface area (Å²) in [6.07, 6.45) is 9.71. The number of nitrogens with zero attached hydrogens (tertiary/aromatic N) is 3. The molecule has 2 aliphatic rings. The highest BCUT2D eigenvalue weighted by atomic mass is 32.2. The lowest BCUT2D eigenvalue weighted by molar-refractivity contribution is -0.119. The molecule has 31 heavy (non-hydrogen) atoms. The lowest BCUT2D eigenvalue weighted by Gasteiger charge is -2.22. The molecule has 7 heteroatoms. The molecule has 1 unspecified atom stereocenters. The van der Waals surface area contributed by atoms with E-state index in [4.69, 9.17) is 4.98 Å². The lowest BCUT2D eigenvalue weighted by Crippen LogP contribution is -2.47. The van der Waals surface area contributed by atoms with Gasteiger partial charge in [-0.25, -0.2) is 4.98 Å². The number of rotatable bonds is 8. The number of nitriles is 1. The Balaban J connectivity index is 1.53. The van der Waals surface area contributed by atoms with Gasteiger partial charge in [0.2, 0.25) is 5.91 Å². The largest absolute Gasteiger partial charge is 0.337 e. The molecule has 1 aromatic carbocycles. The predicted molar refractivity (Wildman–Crippen MR) is 123 cm³/mol. The normalized spacial score (nSPS) is 18.1. The quantitative estimate of drug-likeness (QED) is 0.381. The monoisotopic (exact) mass is 436 g/mol. The number of hydrogen-bond donors (Lipinski definition) is 1. The van der Waals surface area contributed by atoms with E-state index in [1.807, 2.05) is 18.2 Å². The molecule has 1 N–H and O–H groups in total. The second-order valence-corrected chi connectivity index (χ2v) is 9.59. The summed E-state index contributed by atoms with van der Waals surface area (Å²) in [7, 11) is 0. The van der Waals surface area contributed by atoms with E-state index in [0.717, 1.165) is 32.1 Å². The molecule has 1 amide bonds. The topological polar surface area (TPSA) is 87.8 Å². The van der Waals surface area contributed by atoms with E-state index < -0.39 is 5.54 Å². The van der Waals surface area contributed by atoms with Crippen LogP contribution in [-0.2, 0) is 11.3 Å². The zero-order valence-electron chi connectivity index (χ0n) is 17.9. The molecule has 0 bridgehead atoms. The van der Waals surface area contributed by atoms with Gasteiger partial charge in [-0.1, -0.05) is 35.5 Å². The maximum atomic E-state index is 13.2. The molecular formula is C24H28N4O2S. The molecule has 0 saturated heterocycles. The highest BCUT2D eigenvalue weighted by Crippen LogP contribution is 2.39. The Morgan fingerprint density at radius 3 is 2.87 bits per heavy atom. The zero-order chi connectivity index (χ0) is 21.8. The lowest BCUT2D eigenvalue weighted by atomic mass is 9.97. The molecule has 1 aromatic heterocycles. The first-order valence-electron chi connectivity index (χ1n) is 11.0. The van der Waals surface area contributed by atoms with Crippen LogP contribution >= 0.6 is 11.8 Å². The standard InChI is InChI=1S/C24H28N4O2S/c1-24(16-25,18-11-12-18)27-21(29)15-31-23-26-20-10-6-5-9-19(20)22(30)28(23)14-13-17-7-3-2-4-8-17/h5-7,9-10,18H,2-4,8,11-15H2,1H3,(H,27,29). The molecular weight excluding hydrogens is 408 g/mol. The number of thioether (sulfide) groups is 1. The molecule has 162 valence electrons. The van der Waals surface area contributed by atoms with E-state index >= 15 is 0 Å². The number of nitrogens with one attached hydrogen (secondary N) is 1. The summed E-state index contributed by atoms with van der Waals surface area (Å²) < 4.78 is 1.71. The summed E-state index contributed by atoms with van der Waals surface area (Å²) in [5, 5.41) is 13.5. The Bertz CT molecular complexity index is 1110. The van der Waals surface area contributed by atoms with Crippen LogP contribution in [-0.4, -0.2) is 26.8 Å². The van der Waals surface area contributed by atoms with Crippen LogP contribution < -0.4 is 10.9 Å². The van der Waals surface area contributed by atoms with Crippen LogP contribution in [0.25, 0.3) is 10.9 Å². The second kappa shape index (κ2) is 9.27. The van der Waals surface area contributed by atoms with Gasteiger partial charge in [0.25, 0.3) is 5.56 Å². The molecule has 1 saturated carbocycles. The molecule has 0 aliphatic heterocycles. The van der Waals surface area contributed by atoms with Crippen molar-refractivity contribution >= 4 is 28.6 Å². The number of para-hydroxylation sites is 1.